The topological polar surface area (TPSA) is 79.3 Å². The van der Waals surface area contributed by atoms with Crippen LogP contribution in [0.15, 0.2) is 18.3 Å². The molecule has 2 N–H and O–H groups in total. The largest absolute Gasteiger partial charge is 0.481 e. The van der Waals surface area contributed by atoms with Crippen LogP contribution < -0.4 is 5.32 Å². The van der Waals surface area contributed by atoms with Gasteiger partial charge in [0.2, 0.25) is 0 Å². The molecule has 0 bridgehead atoms. The van der Waals surface area contributed by atoms with Crippen molar-refractivity contribution in [3.8, 4) is 0 Å². The van der Waals surface area contributed by atoms with Crippen LogP contribution in [0.4, 0.5) is 0 Å². The number of carboxylic acid groups (broad SMARTS) is 1. The van der Waals surface area contributed by atoms with Crippen LogP contribution in [0, 0.1) is 18.8 Å². The van der Waals surface area contributed by atoms with E-state index in [-0.39, 0.29) is 12.3 Å². The number of aryl methyl sites for hydroxylation is 1. The second-order valence-corrected chi connectivity index (χ2v) is 5.67. The van der Waals surface area contributed by atoms with E-state index in [9.17, 15) is 9.59 Å². The second-order valence-electron chi connectivity index (χ2n) is 5.67. The van der Waals surface area contributed by atoms with Crippen LogP contribution in [0.2, 0.25) is 0 Å². The average Bonchev–Trinajstić information content (AvgIpc) is 2.42. The molecule has 21 heavy (non-hydrogen) atoms. The van der Waals surface area contributed by atoms with Crippen LogP contribution in [-0.2, 0) is 4.79 Å². The Kier molecular flexibility index (Phi) is 6.85. The summed E-state index contributed by atoms with van der Waals surface area (Å²) in [6.07, 6.45) is 3.18. The molecule has 1 unspecified atom stereocenters. The fourth-order valence-corrected chi connectivity index (χ4v) is 2.20. The first-order valence-electron chi connectivity index (χ1n) is 7.32. The van der Waals surface area contributed by atoms with E-state index in [2.05, 4.69) is 24.1 Å². The van der Waals surface area contributed by atoms with Gasteiger partial charge in [0.15, 0.2) is 0 Å². The number of hydrogen-bond donors (Lipinski definition) is 2. The molecule has 0 radical (unpaired) electrons. The molecule has 0 aliphatic heterocycles. The van der Waals surface area contributed by atoms with Crippen molar-refractivity contribution >= 4 is 11.9 Å². The maximum Gasteiger partial charge on any atom is 0.303 e. The van der Waals surface area contributed by atoms with Crippen molar-refractivity contribution in [2.75, 3.05) is 6.54 Å². The minimum Gasteiger partial charge on any atom is -0.481 e. The van der Waals surface area contributed by atoms with Gasteiger partial charge in [0.1, 0.15) is 0 Å². The van der Waals surface area contributed by atoms with Crippen molar-refractivity contribution in [2.24, 2.45) is 11.8 Å². The lowest BCUT2D eigenvalue weighted by Gasteiger charge is -2.20. The summed E-state index contributed by atoms with van der Waals surface area (Å²) in [5, 5.41) is 11.6. The van der Waals surface area contributed by atoms with E-state index in [1.54, 1.807) is 18.3 Å². The van der Waals surface area contributed by atoms with Crippen molar-refractivity contribution in [2.45, 2.75) is 40.0 Å². The SMILES string of the molecule is Cc1ccc(C(=O)NCCC(CCC(=O)O)C(C)C)cn1. The van der Waals surface area contributed by atoms with Crippen LogP contribution in [0.25, 0.3) is 0 Å². The molecular formula is C16H24N2O3. The van der Waals surface area contributed by atoms with Gasteiger partial charge in [0, 0.05) is 24.9 Å². The number of nitrogens with zero attached hydrogens (tertiary/aromatic N) is 1. The molecule has 1 atom stereocenters. The molecule has 1 aromatic rings. The van der Waals surface area contributed by atoms with Crippen molar-refractivity contribution in [1.29, 1.82) is 0 Å². The Bertz CT molecular complexity index is 469. The third kappa shape index (κ3) is 6.38. The van der Waals surface area contributed by atoms with Gasteiger partial charge in [0.25, 0.3) is 5.91 Å². The van der Waals surface area contributed by atoms with Gasteiger partial charge in [-0.1, -0.05) is 13.8 Å². The fourth-order valence-electron chi connectivity index (χ4n) is 2.20. The molecule has 1 rings (SSSR count). The molecule has 1 heterocycles. The number of pyridine rings is 1. The highest BCUT2D eigenvalue weighted by Crippen LogP contribution is 2.20. The van der Waals surface area contributed by atoms with Gasteiger partial charge in [-0.05, 0) is 43.7 Å². The lowest BCUT2D eigenvalue weighted by Crippen LogP contribution is -2.27. The molecule has 0 saturated carbocycles. The van der Waals surface area contributed by atoms with E-state index in [0.29, 0.717) is 30.4 Å². The van der Waals surface area contributed by atoms with Gasteiger partial charge in [-0.25, -0.2) is 0 Å². The zero-order valence-corrected chi connectivity index (χ0v) is 12.9. The highest BCUT2D eigenvalue weighted by Gasteiger charge is 2.15. The van der Waals surface area contributed by atoms with E-state index in [4.69, 9.17) is 5.11 Å². The third-order valence-corrected chi connectivity index (χ3v) is 3.65. The monoisotopic (exact) mass is 292 g/mol. The first-order valence-corrected chi connectivity index (χ1v) is 7.32. The van der Waals surface area contributed by atoms with E-state index >= 15 is 0 Å². The maximum absolute atomic E-state index is 11.9. The van der Waals surface area contributed by atoms with Gasteiger partial charge < -0.3 is 10.4 Å². The van der Waals surface area contributed by atoms with Crippen molar-refractivity contribution < 1.29 is 14.7 Å². The molecule has 0 saturated heterocycles. The maximum atomic E-state index is 11.9. The van der Waals surface area contributed by atoms with Gasteiger partial charge >= 0.3 is 5.97 Å². The van der Waals surface area contributed by atoms with E-state index in [1.807, 2.05) is 6.92 Å². The summed E-state index contributed by atoms with van der Waals surface area (Å²) in [6, 6.07) is 3.56. The van der Waals surface area contributed by atoms with Gasteiger partial charge in [0.05, 0.1) is 5.56 Å². The van der Waals surface area contributed by atoms with Crippen molar-refractivity contribution in [1.82, 2.24) is 10.3 Å². The number of carbonyl (C=O) groups is 2. The lowest BCUT2D eigenvalue weighted by molar-refractivity contribution is -0.137. The molecule has 0 aromatic carbocycles. The minimum atomic E-state index is -0.768. The highest BCUT2D eigenvalue weighted by molar-refractivity contribution is 5.93. The zero-order chi connectivity index (χ0) is 15.8. The summed E-state index contributed by atoms with van der Waals surface area (Å²) < 4.78 is 0. The van der Waals surface area contributed by atoms with Crippen LogP contribution >= 0.6 is 0 Å². The quantitative estimate of drug-likeness (QED) is 0.772. The molecule has 116 valence electrons. The average molecular weight is 292 g/mol. The standard InChI is InChI=1S/C16H24N2O3/c1-11(2)13(6-7-15(19)20)8-9-17-16(21)14-5-4-12(3)18-10-14/h4-5,10-11,13H,6-9H2,1-3H3,(H,17,21)(H,19,20). The number of carboxylic acids is 1. The highest BCUT2D eigenvalue weighted by atomic mass is 16.4. The predicted octanol–water partition coefficient (Wildman–Crippen LogP) is 2.65. The summed E-state index contributed by atoms with van der Waals surface area (Å²) >= 11 is 0. The summed E-state index contributed by atoms with van der Waals surface area (Å²) in [5.41, 5.74) is 1.42. The number of nitrogens with one attached hydrogen (secondary N) is 1. The summed E-state index contributed by atoms with van der Waals surface area (Å²) in [4.78, 5) is 26.7. The Morgan fingerprint density at radius 3 is 2.52 bits per heavy atom. The second kappa shape index (κ2) is 8.39. The Labute approximate surface area is 125 Å². The molecular weight excluding hydrogens is 268 g/mol. The summed E-state index contributed by atoms with van der Waals surface area (Å²) in [6.45, 7) is 6.59. The lowest BCUT2D eigenvalue weighted by atomic mass is 9.88. The van der Waals surface area contributed by atoms with E-state index in [1.165, 1.54) is 0 Å². The Hall–Kier alpha value is -1.91. The van der Waals surface area contributed by atoms with Crippen molar-refractivity contribution in [3.05, 3.63) is 29.6 Å². The molecule has 0 fully saturated rings. The number of aliphatic carboxylic acids is 1. The molecule has 1 amide bonds. The van der Waals surface area contributed by atoms with Gasteiger partial charge in [-0.15, -0.1) is 0 Å². The van der Waals surface area contributed by atoms with Crippen LogP contribution in [0.1, 0.15) is 49.2 Å². The molecule has 5 heteroatoms. The Morgan fingerprint density at radius 2 is 2.00 bits per heavy atom. The van der Waals surface area contributed by atoms with Crippen molar-refractivity contribution in [3.63, 3.8) is 0 Å². The molecule has 0 aliphatic carbocycles. The first kappa shape index (κ1) is 17.1. The van der Waals surface area contributed by atoms with E-state index < -0.39 is 5.97 Å². The molecule has 5 nitrogen and oxygen atoms in total. The minimum absolute atomic E-state index is 0.136. The smallest absolute Gasteiger partial charge is 0.303 e. The predicted molar refractivity (Wildman–Crippen MR) is 81.1 cm³/mol. The summed E-state index contributed by atoms with van der Waals surface area (Å²) in [5.74, 6) is -0.196. The van der Waals surface area contributed by atoms with Gasteiger partial charge in [-0.3, -0.25) is 14.6 Å². The molecule has 0 spiro atoms. The van der Waals surface area contributed by atoms with Crippen LogP contribution in [-0.4, -0.2) is 28.5 Å². The molecule has 0 aliphatic rings. The third-order valence-electron chi connectivity index (χ3n) is 3.65. The van der Waals surface area contributed by atoms with Gasteiger partial charge in [-0.2, -0.15) is 0 Å². The Morgan fingerprint density at radius 1 is 1.29 bits per heavy atom. The fraction of sp³-hybridized carbons (Fsp3) is 0.562. The van der Waals surface area contributed by atoms with E-state index in [0.717, 1.165) is 12.1 Å². The number of carbonyl (C=O) groups excluding carboxylic acids is 1. The van der Waals surface area contributed by atoms with Crippen LogP contribution in [0.3, 0.4) is 0 Å². The van der Waals surface area contributed by atoms with Crippen LogP contribution in [0.5, 0.6) is 0 Å². The number of amides is 1. The summed E-state index contributed by atoms with van der Waals surface area (Å²) in [7, 11) is 0. The number of aromatic nitrogens is 1. The zero-order valence-electron chi connectivity index (χ0n) is 12.9. The number of rotatable bonds is 8. The normalized spacial score (nSPS) is 12.2. The Balaban J connectivity index is 2.40. The molecule has 1 aromatic heterocycles. The first-order chi connectivity index (χ1) is 9.90. The number of hydrogen-bond acceptors (Lipinski definition) is 3.